The monoisotopic (exact) mass is 167 g/mol. The molecule has 0 aromatic rings. The zero-order valence-electron chi connectivity index (χ0n) is 7.25. The van der Waals surface area contributed by atoms with E-state index in [9.17, 15) is 4.79 Å². The molecule has 1 saturated heterocycles. The van der Waals surface area contributed by atoms with Gasteiger partial charge < -0.3 is 9.64 Å². The quantitative estimate of drug-likeness (QED) is 0.544. The summed E-state index contributed by atoms with van der Waals surface area (Å²) in [5, 5.41) is 0. The van der Waals surface area contributed by atoms with Gasteiger partial charge in [0.25, 0.3) is 0 Å². The van der Waals surface area contributed by atoms with Crippen LogP contribution in [0.1, 0.15) is 19.8 Å². The lowest BCUT2D eigenvalue weighted by Gasteiger charge is -2.15. The van der Waals surface area contributed by atoms with E-state index in [1.54, 1.807) is 0 Å². The Morgan fingerprint density at radius 3 is 2.67 bits per heavy atom. The lowest BCUT2D eigenvalue weighted by atomic mass is 10.3. The molecule has 1 unspecified atom stereocenters. The molecule has 3 nitrogen and oxygen atoms in total. The summed E-state index contributed by atoms with van der Waals surface area (Å²) in [6, 6.07) is 0. The lowest BCUT2D eigenvalue weighted by molar-refractivity contribution is -0.140. The number of carbonyl (C=O) groups excluding carboxylic acids is 1. The van der Waals surface area contributed by atoms with Crippen LogP contribution >= 0.6 is 0 Å². The van der Waals surface area contributed by atoms with Crippen LogP contribution in [0.15, 0.2) is 11.8 Å². The van der Waals surface area contributed by atoms with Crippen molar-refractivity contribution in [2.24, 2.45) is 0 Å². The Kier molecular flexibility index (Phi) is 1.79. The molecule has 0 saturated carbocycles. The Morgan fingerprint density at radius 1 is 1.50 bits per heavy atom. The van der Waals surface area contributed by atoms with Crippen LogP contribution in [-0.4, -0.2) is 30.1 Å². The first-order valence-corrected chi connectivity index (χ1v) is 4.45. The molecule has 0 radical (unpaired) electrons. The van der Waals surface area contributed by atoms with Crippen molar-refractivity contribution in [1.29, 1.82) is 0 Å². The number of ether oxygens (including phenoxy) is 1. The van der Waals surface area contributed by atoms with Crippen LogP contribution in [0.25, 0.3) is 0 Å². The van der Waals surface area contributed by atoms with Gasteiger partial charge in [0, 0.05) is 13.1 Å². The van der Waals surface area contributed by atoms with E-state index in [1.165, 1.54) is 12.8 Å². The molecule has 0 bridgehead atoms. The number of carbonyl (C=O) groups is 1. The third-order valence-corrected chi connectivity index (χ3v) is 2.34. The molecule has 2 aliphatic rings. The van der Waals surface area contributed by atoms with E-state index in [0.717, 1.165) is 18.8 Å². The predicted octanol–water partition coefficient (Wildman–Crippen LogP) is 0.911. The number of rotatable bonds is 1. The van der Waals surface area contributed by atoms with Crippen molar-refractivity contribution in [3.05, 3.63) is 11.8 Å². The molecule has 2 heterocycles. The van der Waals surface area contributed by atoms with Gasteiger partial charge >= 0.3 is 5.97 Å². The first kappa shape index (κ1) is 7.65. The molecule has 3 heteroatoms. The van der Waals surface area contributed by atoms with Gasteiger partial charge in [0.15, 0.2) is 0 Å². The summed E-state index contributed by atoms with van der Waals surface area (Å²) < 4.78 is 5.01. The maximum Gasteiger partial charge on any atom is 0.354 e. The number of cyclic esters (lactones) is 1. The number of esters is 1. The van der Waals surface area contributed by atoms with E-state index in [0.29, 0.717) is 0 Å². The Hall–Kier alpha value is -0.990. The van der Waals surface area contributed by atoms with E-state index in [4.69, 9.17) is 4.74 Å². The van der Waals surface area contributed by atoms with E-state index < -0.39 is 0 Å². The van der Waals surface area contributed by atoms with Crippen LogP contribution in [0, 0.1) is 0 Å². The fourth-order valence-corrected chi connectivity index (χ4v) is 1.75. The van der Waals surface area contributed by atoms with Crippen molar-refractivity contribution in [2.45, 2.75) is 25.9 Å². The number of hydrogen-bond donors (Lipinski definition) is 0. The minimum atomic E-state index is -0.149. The van der Waals surface area contributed by atoms with Crippen LogP contribution in [0.2, 0.25) is 0 Å². The lowest BCUT2D eigenvalue weighted by Crippen LogP contribution is -2.22. The normalized spacial score (nSPS) is 29.1. The van der Waals surface area contributed by atoms with E-state index >= 15 is 0 Å². The van der Waals surface area contributed by atoms with Gasteiger partial charge in [0.2, 0.25) is 0 Å². The molecule has 0 aliphatic carbocycles. The topological polar surface area (TPSA) is 29.5 Å². The zero-order chi connectivity index (χ0) is 8.55. The van der Waals surface area contributed by atoms with E-state index in [1.807, 2.05) is 13.0 Å². The smallest absolute Gasteiger partial charge is 0.354 e. The molecular weight excluding hydrogens is 154 g/mol. The number of hydrogen-bond acceptors (Lipinski definition) is 3. The molecule has 66 valence electrons. The minimum absolute atomic E-state index is 0.0342. The number of likely N-dealkylation sites (tertiary alicyclic amines) is 1. The summed E-state index contributed by atoms with van der Waals surface area (Å²) in [7, 11) is 0. The highest BCUT2D eigenvalue weighted by molar-refractivity contribution is 5.90. The van der Waals surface area contributed by atoms with Gasteiger partial charge in [0.05, 0.1) is 0 Å². The summed E-state index contributed by atoms with van der Waals surface area (Å²) in [6.07, 6.45) is 4.26. The SMILES string of the molecule is CC1C=C(N2CCCC2)C(=O)O1. The molecule has 0 aromatic carbocycles. The third-order valence-electron chi connectivity index (χ3n) is 2.34. The molecule has 0 spiro atoms. The average molecular weight is 167 g/mol. The molecule has 12 heavy (non-hydrogen) atoms. The van der Waals surface area contributed by atoms with Crippen molar-refractivity contribution in [3.8, 4) is 0 Å². The molecular formula is C9H13NO2. The Balaban J connectivity index is 2.11. The van der Waals surface area contributed by atoms with Gasteiger partial charge in [-0.25, -0.2) is 4.79 Å². The van der Waals surface area contributed by atoms with Gasteiger partial charge in [-0.05, 0) is 25.8 Å². The highest BCUT2D eigenvalue weighted by atomic mass is 16.5. The second-order valence-electron chi connectivity index (χ2n) is 3.36. The predicted molar refractivity (Wildman–Crippen MR) is 44.4 cm³/mol. The summed E-state index contributed by atoms with van der Waals surface area (Å²) in [4.78, 5) is 13.4. The molecule has 0 aromatic heterocycles. The molecule has 1 fully saturated rings. The Labute approximate surface area is 72.0 Å². The second kappa shape index (κ2) is 2.81. The average Bonchev–Trinajstić information content (AvgIpc) is 2.58. The summed E-state index contributed by atoms with van der Waals surface area (Å²) >= 11 is 0. The highest BCUT2D eigenvalue weighted by Gasteiger charge is 2.28. The standard InChI is InChI=1S/C9H13NO2/c1-7-6-8(9(11)12-7)10-4-2-3-5-10/h6-7H,2-5H2,1H3. The largest absolute Gasteiger partial charge is 0.454 e. The van der Waals surface area contributed by atoms with Crippen molar-refractivity contribution in [2.75, 3.05) is 13.1 Å². The van der Waals surface area contributed by atoms with Crippen LogP contribution < -0.4 is 0 Å². The summed E-state index contributed by atoms with van der Waals surface area (Å²) in [5.41, 5.74) is 0.778. The van der Waals surface area contributed by atoms with Crippen molar-refractivity contribution in [1.82, 2.24) is 4.90 Å². The van der Waals surface area contributed by atoms with E-state index in [2.05, 4.69) is 4.90 Å². The number of nitrogens with zero attached hydrogens (tertiary/aromatic N) is 1. The first-order chi connectivity index (χ1) is 5.77. The minimum Gasteiger partial charge on any atom is -0.454 e. The maximum absolute atomic E-state index is 11.2. The fraction of sp³-hybridized carbons (Fsp3) is 0.667. The molecule has 0 amide bonds. The van der Waals surface area contributed by atoms with E-state index in [-0.39, 0.29) is 12.1 Å². The molecule has 0 N–H and O–H groups in total. The maximum atomic E-state index is 11.2. The van der Waals surface area contributed by atoms with Crippen molar-refractivity contribution < 1.29 is 9.53 Å². The van der Waals surface area contributed by atoms with Crippen LogP contribution in [-0.2, 0) is 9.53 Å². The third kappa shape index (κ3) is 1.19. The summed E-state index contributed by atoms with van der Waals surface area (Å²) in [6.45, 7) is 3.91. The zero-order valence-corrected chi connectivity index (χ0v) is 7.25. The second-order valence-corrected chi connectivity index (χ2v) is 3.36. The van der Waals surface area contributed by atoms with Crippen LogP contribution in [0.5, 0.6) is 0 Å². The van der Waals surface area contributed by atoms with Crippen molar-refractivity contribution in [3.63, 3.8) is 0 Å². The van der Waals surface area contributed by atoms with Crippen LogP contribution in [0.4, 0.5) is 0 Å². The molecule has 2 rings (SSSR count). The van der Waals surface area contributed by atoms with Crippen molar-refractivity contribution >= 4 is 5.97 Å². The molecule has 2 aliphatic heterocycles. The molecule has 1 atom stereocenters. The van der Waals surface area contributed by atoms with Gasteiger partial charge in [-0.1, -0.05) is 0 Å². The van der Waals surface area contributed by atoms with Gasteiger partial charge in [-0.3, -0.25) is 0 Å². The first-order valence-electron chi connectivity index (χ1n) is 4.45. The Bertz CT molecular complexity index is 229. The van der Waals surface area contributed by atoms with Gasteiger partial charge in [0.1, 0.15) is 11.8 Å². The van der Waals surface area contributed by atoms with Gasteiger partial charge in [-0.15, -0.1) is 0 Å². The summed E-state index contributed by atoms with van der Waals surface area (Å²) in [5.74, 6) is -0.149. The Morgan fingerprint density at radius 2 is 2.17 bits per heavy atom. The highest BCUT2D eigenvalue weighted by Crippen LogP contribution is 2.21. The van der Waals surface area contributed by atoms with Gasteiger partial charge in [-0.2, -0.15) is 0 Å². The van der Waals surface area contributed by atoms with Crippen LogP contribution in [0.3, 0.4) is 0 Å². The fourth-order valence-electron chi connectivity index (χ4n) is 1.75.